The summed E-state index contributed by atoms with van der Waals surface area (Å²) in [6.45, 7) is 1.84. The summed E-state index contributed by atoms with van der Waals surface area (Å²) in [4.78, 5) is 24.7. The predicted octanol–water partition coefficient (Wildman–Crippen LogP) is 5.02. The molecule has 0 bridgehead atoms. The van der Waals surface area contributed by atoms with Crippen LogP contribution < -0.4 is 10.4 Å². The van der Waals surface area contributed by atoms with E-state index in [-0.39, 0.29) is 17.3 Å². The second kappa shape index (κ2) is 9.06. The van der Waals surface area contributed by atoms with Gasteiger partial charge in [-0.25, -0.2) is 14.3 Å². The quantitative estimate of drug-likeness (QED) is 0.289. The first-order chi connectivity index (χ1) is 15.4. The molecule has 32 heavy (non-hydrogen) atoms. The lowest BCUT2D eigenvalue weighted by atomic mass is 10.1. The number of aryl methyl sites for hydroxylation is 1. The minimum Gasteiger partial charge on any atom is -0.497 e. The number of fused-ring (bicyclic) bond motifs is 1. The highest BCUT2D eigenvalue weighted by atomic mass is 35.5. The van der Waals surface area contributed by atoms with E-state index in [4.69, 9.17) is 37.1 Å². The predicted molar refractivity (Wildman–Crippen MR) is 121 cm³/mol. The van der Waals surface area contributed by atoms with Gasteiger partial charge in [-0.3, -0.25) is 0 Å². The van der Waals surface area contributed by atoms with Crippen molar-refractivity contribution < 1.29 is 18.7 Å². The number of ether oxygens (including phenoxy) is 2. The molecule has 7 nitrogen and oxygen atoms in total. The maximum absolute atomic E-state index is 12.8. The average molecular weight is 473 g/mol. The number of halogens is 2. The van der Waals surface area contributed by atoms with Gasteiger partial charge in [-0.1, -0.05) is 41.4 Å². The second-order valence-corrected chi connectivity index (χ2v) is 7.79. The summed E-state index contributed by atoms with van der Waals surface area (Å²) in [6, 6.07) is 13.7. The van der Waals surface area contributed by atoms with Gasteiger partial charge in [0.2, 0.25) is 0 Å². The molecule has 0 atom stereocenters. The normalized spacial score (nSPS) is 11.0. The molecule has 0 unspecified atom stereocenters. The number of rotatable bonds is 6. The molecule has 164 valence electrons. The van der Waals surface area contributed by atoms with Crippen LogP contribution in [0.5, 0.6) is 5.75 Å². The molecule has 0 saturated heterocycles. The summed E-state index contributed by atoms with van der Waals surface area (Å²) < 4.78 is 17.3. The second-order valence-electron chi connectivity index (χ2n) is 7.03. The van der Waals surface area contributed by atoms with Gasteiger partial charge in [-0.2, -0.15) is 5.10 Å². The van der Waals surface area contributed by atoms with Crippen LogP contribution in [0.2, 0.25) is 10.2 Å². The zero-order valence-corrected chi connectivity index (χ0v) is 18.7. The van der Waals surface area contributed by atoms with Crippen LogP contribution in [0.25, 0.3) is 11.0 Å². The molecular weight excluding hydrogens is 455 g/mol. The van der Waals surface area contributed by atoms with Crippen LogP contribution >= 0.6 is 23.2 Å². The third kappa shape index (κ3) is 4.35. The van der Waals surface area contributed by atoms with E-state index < -0.39 is 11.6 Å². The molecule has 2 aromatic heterocycles. The van der Waals surface area contributed by atoms with Gasteiger partial charge < -0.3 is 13.9 Å². The molecule has 0 spiro atoms. The van der Waals surface area contributed by atoms with Gasteiger partial charge in [-0.15, -0.1) is 0 Å². The van der Waals surface area contributed by atoms with Crippen molar-refractivity contribution in [3.63, 3.8) is 0 Å². The van der Waals surface area contributed by atoms with Gasteiger partial charge >= 0.3 is 11.6 Å². The number of benzene rings is 2. The molecule has 0 aliphatic rings. The van der Waals surface area contributed by atoms with E-state index in [0.717, 1.165) is 5.56 Å². The minimum absolute atomic E-state index is 0.140. The SMILES string of the molecule is COc1ccc2c(COC(=O)c3c(C)nn(Cc4ccccc4Cl)c3Cl)cc(=O)oc2c1. The van der Waals surface area contributed by atoms with Crippen molar-refractivity contribution in [3.8, 4) is 5.75 Å². The lowest BCUT2D eigenvalue weighted by Gasteiger charge is -2.08. The Balaban J connectivity index is 1.57. The maximum atomic E-state index is 12.8. The van der Waals surface area contributed by atoms with Gasteiger partial charge in [0.05, 0.1) is 19.3 Å². The third-order valence-corrected chi connectivity index (χ3v) is 5.70. The summed E-state index contributed by atoms with van der Waals surface area (Å²) in [5.41, 5.74) is 1.69. The van der Waals surface area contributed by atoms with Crippen LogP contribution in [-0.2, 0) is 17.9 Å². The number of hydrogen-bond donors (Lipinski definition) is 0. The Morgan fingerprint density at radius 2 is 1.91 bits per heavy atom. The smallest absolute Gasteiger partial charge is 0.343 e. The van der Waals surface area contributed by atoms with Gasteiger partial charge in [0.25, 0.3) is 0 Å². The van der Waals surface area contributed by atoms with Crippen LogP contribution in [0.4, 0.5) is 0 Å². The van der Waals surface area contributed by atoms with E-state index in [2.05, 4.69) is 5.10 Å². The fourth-order valence-electron chi connectivity index (χ4n) is 3.35. The number of carbonyl (C=O) groups is 1. The number of nitrogens with zero attached hydrogens (tertiary/aromatic N) is 2. The third-order valence-electron chi connectivity index (χ3n) is 4.94. The highest BCUT2D eigenvalue weighted by Gasteiger charge is 2.22. The molecule has 0 aliphatic heterocycles. The molecule has 9 heteroatoms. The standard InChI is InChI=1S/C23H18Cl2N2O5/c1-13-21(22(25)27(26-13)11-14-5-3-4-6-18(14)24)23(29)31-12-15-9-20(28)32-19-10-16(30-2)7-8-17(15)19/h3-10H,11-12H2,1-2H3. The van der Waals surface area contributed by atoms with E-state index in [1.54, 1.807) is 31.2 Å². The van der Waals surface area contributed by atoms with Gasteiger partial charge in [-0.05, 0) is 30.7 Å². The summed E-state index contributed by atoms with van der Waals surface area (Å²) in [6.07, 6.45) is 0. The van der Waals surface area contributed by atoms with Crippen LogP contribution in [0.15, 0.2) is 57.7 Å². The Bertz CT molecular complexity index is 1380. The molecule has 0 fully saturated rings. The van der Waals surface area contributed by atoms with Crippen molar-refractivity contribution in [1.82, 2.24) is 9.78 Å². The molecule has 2 aromatic carbocycles. The van der Waals surface area contributed by atoms with Crippen LogP contribution in [0, 0.1) is 6.92 Å². The van der Waals surface area contributed by atoms with Crippen molar-refractivity contribution in [3.05, 3.63) is 91.5 Å². The molecule has 0 aliphatic carbocycles. The maximum Gasteiger partial charge on any atom is 0.343 e. The molecular formula is C23H18Cl2N2O5. The van der Waals surface area contributed by atoms with Crippen molar-refractivity contribution >= 4 is 40.1 Å². The highest BCUT2D eigenvalue weighted by molar-refractivity contribution is 6.33. The molecule has 4 aromatic rings. The molecule has 0 amide bonds. The first kappa shape index (κ1) is 21.9. The van der Waals surface area contributed by atoms with Gasteiger partial charge in [0.1, 0.15) is 28.7 Å². The summed E-state index contributed by atoms with van der Waals surface area (Å²) in [7, 11) is 1.52. The number of hydrogen-bond acceptors (Lipinski definition) is 6. The van der Waals surface area contributed by atoms with E-state index in [9.17, 15) is 9.59 Å². The van der Waals surface area contributed by atoms with E-state index >= 15 is 0 Å². The Hall–Kier alpha value is -3.29. The fraction of sp³-hybridized carbons (Fsp3) is 0.174. The van der Waals surface area contributed by atoms with Crippen molar-refractivity contribution in [2.75, 3.05) is 7.11 Å². The number of aromatic nitrogens is 2. The number of methoxy groups -OCH3 is 1. The highest BCUT2D eigenvalue weighted by Crippen LogP contribution is 2.26. The monoisotopic (exact) mass is 472 g/mol. The Kier molecular flexibility index (Phi) is 6.21. The van der Waals surface area contributed by atoms with Crippen molar-refractivity contribution in [2.45, 2.75) is 20.1 Å². The Morgan fingerprint density at radius 1 is 1.12 bits per heavy atom. The van der Waals surface area contributed by atoms with E-state index in [1.165, 1.54) is 17.9 Å². The zero-order valence-electron chi connectivity index (χ0n) is 17.2. The molecule has 4 rings (SSSR count). The number of carbonyl (C=O) groups excluding carboxylic acids is 1. The summed E-state index contributed by atoms with van der Waals surface area (Å²) >= 11 is 12.7. The largest absolute Gasteiger partial charge is 0.497 e. The van der Waals surface area contributed by atoms with Gasteiger partial charge in [0.15, 0.2) is 0 Å². The molecule has 0 saturated carbocycles. The Labute approximate surface area is 193 Å². The Morgan fingerprint density at radius 3 is 2.66 bits per heavy atom. The van der Waals surface area contributed by atoms with Crippen LogP contribution in [0.1, 0.15) is 27.2 Å². The topological polar surface area (TPSA) is 83.6 Å². The average Bonchev–Trinajstić information content (AvgIpc) is 3.05. The van der Waals surface area contributed by atoms with Crippen LogP contribution in [0.3, 0.4) is 0 Å². The van der Waals surface area contributed by atoms with E-state index in [0.29, 0.717) is 39.5 Å². The first-order valence-corrected chi connectivity index (χ1v) is 10.4. The number of esters is 1. The molecule has 0 radical (unpaired) electrons. The fourth-order valence-corrected chi connectivity index (χ4v) is 3.86. The van der Waals surface area contributed by atoms with Crippen molar-refractivity contribution in [1.29, 1.82) is 0 Å². The molecule has 2 heterocycles. The first-order valence-electron chi connectivity index (χ1n) is 9.61. The van der Waals surface area contributed by atoms with Crippen molar-refractivity contribution in [2.24, 2.45) is 0 Å². The van der Waals surface area contributed by atoms with Crippen LogP contribution in [-0.4, -0.2) is 22.9 Å². The minimum atomic E-state index is -0.646. The zero-order chi connectivity index (χ0) is 22.8. The summed E-state index contributed by atoms with van der Waals surface area (Å²) in [5, 5.41) is 5.71. The lowest BCUT2D eigenvalue weighted by Crippen LogP contribution is -2.09. The lowest BCUT2D eigenvalue weighted by molar-refractivity contribution is 0.0473. The van der Waals surface area contributed by atoms with Gasteiger partial charge in [0, 0.05) is 28.1 Å². The summed E-state index contributed by atoms with van der Waals surface area (Å²) in [5.74, 6) is -0.101. The molecule has 0 N–H and O–H groups in total. The van der Waals surface area contributed by atoms with E-state index in [1.807, 2.05) is 18.2 Å².